The molecule has 0 aromatic heterocycles. The second-order valence-electron chi connectivity index (χ2n) is 17.9. The first-order chi connectivity index (χ1) is 31.4. The smallest absolute Gasteiger partial charge is 0.239 e. The average Bonchev–Trinajstić information content (AvgIpc) is 4.03. The maximum absolute atomic E-state index is 15.2. The third-order valence-electron chi connectivity index (χ3n) is 14.0. The van der Waals surface area contributed by atoms with Crippen molar-refractivity contribution in [2.24, 2.45) is 28.8 Å². The van der Waals surface area contributed by atoms with Gasteiger partial charge in [-0.25, -0.2) is 0 Å². The van der Waals surface area contributed by atoms with Crippen LogP contribution in [0.5, 0.6) is 28.7 Å². The maximum atomic E-state index is 15.2. The van der Waals surface area contributed by atoms with E-state index < -0.39 is 17.7 Å². The summed E-state index contributed by atoms with van der Waals surface area (Å²) in [6.07, 6.45) is 17.3. The minimum Gasteiger partial charge on any atom is -0.459 e. The van der Waals surface area contributed by atoms with Gasteiger partial charge in [-0.05, 0) is 129 Å². The average molecular weight is 895 g/mol. The number of hydrogen-bond acceptors (Lipinski definition) is 11. The Kier molecular flexibility index (Phi) is 15.6. The van der Waals surface area contributed by atoms with Gasteiger partial charge < -0.3 is 43.6 Å². The van der Waals surface area contributed by atoms with Crippen molar-refractivity contribution in [3.63, 3.8) is 0 Å². The lowest BCUT2D eigenvalue weighted by Crippen LogP contribution is -2.70. The Morgan fingerprint density at radius 3 is 2.44 bits per heavy atom. The molecule has 2 heterocycles. The van der Waals surface area contributed by atoms with E-state index >= 15 is 4.79 Å². The minimum atomic E-state index is -1.36. The molecule has 6 unspecified atom stereocenters. The number of nitrogens with zero attached hydrogens (tertiary/aromatic N) is 2. The second-order valence-corrected chi connectivity index (χ2v) is 18.7. The molecule has 344 valence electrons. The standard InChI is InChI=1S/C52H66N2O9S/c1-4-28-60-52-48(54(49(57)25-17-35-12-6-7-13-35)33-36-16-23-46-47(29-36)59-34-58-46)32-44(53-61-5-2)42-30-37(14-8-10-26-55)41(15-9-11-27-56)50(51(42)52)43-31-39(20-24-45(43)63-52)62-38-18-21-40(64-3)22-19-38/h4,16,18-24,29-31,35,37,41,48,50-51,55-56H,1,5-15,17,25-28,32-34H2,2-3H3. The van der Waals surface area contributed by atoms with E-state index in [0.717, 1.165) is 78.0 Å². The number of unbranched alkanes of at least 4 members (excludes halogenated alkanes) is 2. The summed E-state index contributed by atoms with van der Waals surface area (Å²) in [6, 6.07) is 19.5. The molecule has 1 amide bonds. The van der Waals surface area contributed by atoms with E-state index in [9.17, 15) is 10.2 Å². The summed E-state index contributed by atoms with van der Waals surface area (Å²) in [5.74, 6) is 2.32. The molecule has 11 nitrogen and oxygen atoms in total. The van der Waals surface area contributed by atoms with Gasteiger partial charge in [0.25, 0.3) is 0 Å². The molecule has 2 saturated carbocycles. The van der Waals surface area contributed by atoms with Crippen LogP contribution in [0.25, 0.3) is 0 Å². The fourth-order valence-corrected chi connectivity index (χ4v) is 11.4. The van der Waals surface area contributed by atoms with Crippen LogP contribution in [0.1, 0.15) is 107 Å². The Bertz CT molecular complexity index is 2120. The van der Waals surface area contributed by atoms with Gasteiger partial charge in [-0.15, -0.1) is 18.3 Å². The Morgan fingerprint density at radius 2 is 1.69 bits per heavy atom. The number of fused-ring (bicyclic) bond motifs is 3. The molecular weight excluding hydrogens is 829 g/mol. The molecule has 5 aliphatic rings. The highest BCUT2D eigenvalue weighted by molar-refractivity contribution is 7.98. The van der Waals surface area contributed by atoms with E-state index in [1.807, 2.05) is 54.3 Å². The summed E-state index contributed by atoms with van der Waals surface area (Å²) in [5, 5.41) is 24.9. The normalized spacial score (nSPS) is 25.0. The van der Waals surface area contributed by atoms with Gasteiger partial charge in [-0.1, -0.05) is 61.9 Å². The summed E-state index contributed by atoms with van der Waals surface area (Å²) < 4.78 is 32.9. The van der Waals surface area contributed by atoms with Crippen molar-refractivity contribution in [2.75, 3.05) is 39.5 Å². The number of ether oxygens (including phenoxy) is 5. The Morgan fingerprint density at radius 1 is 0.938 bits per heavy atom. The number of carbonyl (C=O) groups excluding carboxylic acids is 1. The zero-order valence-corrected chi connectivity index (χ0v) is 38.4. The number of thioether (sulfide) groups is 1. The Hall–Kier alpha value is -4.49. The predicted octanol–water partition coefficient (Wildman–Crippen LogP) is 10.6. The van der Waals surface area contributed by atoms with E-state index in [4.69, 9.17) is 33.7 Å². The second kappa shape index (κ2) is 21.7. The molecule has 0 spiro atoms. The summed E-state index contributed by atoms with van der Waals surface area (Å²) in [6.45, 7) is 7.31. The number of hydrogen-bond donors (Lipinski definition) is 2. The highest BCUT2D eigenvalue weighted by Crippen LogP contribution is 2.62. The molecule has 0 radical (unpaired) electrons. The third kappa shape index (κ3) is 10.0. The molecular formula is C52H66N2O9S. The first kappa shape index (κ1) is 46.1. The van der Waals surface area contributed by atoms with Gasteiger partial charge in [0, 0.05) is 49.0 Å². The molecule has 2 aliphatic heterocycles. The number of aliphatic hydroxyl groups is 2. The van der Waals surface area contributed by atoms with Crippen molar-refractivity contribution in [3.8, 4) is 28.7 Å². The number of benzene rings is 3. The molecule has 12 heteroatoms. The summed E-state index contributed by atoms with van der Waals surface area (Å²) in [4.78, 5) is 24.4. The van der Waals surface area contributed by atoms with Crippen LogP contribution in [0, 0.1) is 23.7 Å². The SMILES string of the molecule is C=CCOC12Oc3ccc(Oc4ccc(SC)cc4)cc3C3C(CCCCO)C(CCCCO)C=C(C(=NOCC)CC1N(Cc1ccc4c(c1)OCO4)C(=O)CCC1CCCC1)C32. The van der Waals surface area contributed by atoms with Crippen molar-refractivity contribution < 1.29 is 43.5 Å². The monoisotopic (exact) mass is 894 g/mol. The van der Waals surface area contributed by atoms with Crippen molar-refractivity contribution in [2.45, 2.75) is 120 Å². The Labute approximate surface area is 383 Å². The number of oxime groups is 1. The lowest BCUT2D eigenvalue weighted by Gasteiger charge is -2.60. The number of amides is 1. The predicted molar refractivity (Wildman–Crippen MR) is 249 cm³/mol. The van der Waals surface area contributed by atoms with Crippen LogP contribution < -0.4 is 18.9 Å². The van der Waals surface area contributed by atoms with E-state index in [-0.39, 0.29) is 50.3 Å². The highest BCUT2D eigenvalue weighted by atomic mass is 32.2. The van der Waals surface area contributed by atoms with Gasteiger partial charge in [0.15, 0.2) is 11.5 Å². The zero-order chi connectivity index (χ0) is 44.5. The quantitative estimate of drug-likeness (QED) is 0.0435. The lowest BCUT2D eigenvalue weighted by molar-refractivity contribution is -0.258. The van der Waals surface area contributed by atoms with Gasteiger partial charge in [-0.3, -0.25) is 4.79 Å². The van der Waals surface area contributed by atoms with Crippen molar-refractivity contribution in [1.29, 1.82) is 0 Å². The van der Waals surface area contributed by atoms with Gasteiger partial charge in [-0.2, -0.15) is 0 Å². The van der Waals surface area contributed by atoms with E-state index in [0.29, 0.717) is 67.8 Å². The van der Waals surface area contributed by atoms with E-state index in [1.54, 1.807) is 17.8 Å². The van der Waals surface area contributed by atoms with Crippen LogP contribution in [0.3, 0.4) is 0 Å². The topological polar surface area (TPSA) is 129 Å². The number of aliphatic hydroxyl groups excluding tert-OH is 2. The molecule has 6 atom stereocenters. The molecule has 3 aromatic carbocycles. The summed E-state index contributed by atoms with van der Waals surface area (Å²) in [5.41, 5.74) is 3.72. The van der Waals surface area contributed by atoms with Crippen molar-refractivity contribution in [3.05, 3.63) is 96.1 Å². The van der Waals surface area contributed by atoms with Gasteiger partial charge >= 0.3 is 0 Å². The highest BCUT2D eigenvalue weighted by Gasteiger charge is 2.65. The first-order valence-corrected chi connectivity index (χ1v) is 24.8. The molecule has 0 saturated heterocycles. The fraction of sp³-hybridized carbons (Fsp3) is 0.538. The van der Waals surface area contributed by atoms with Crippen molar-refractivity contribution in [1.82, 2.24) is 4.90 Å². The minimum absolute atomic E-state index is 0.0405. The van der Waals surface area contributed by atoms with Crippen LogP contribution in [-0.2, 0) is 20.9 Å². The third-order valence-corrected chi connectivity index (χ3v) is 14.7. The number of rotatable bonds is 22. The summed E-state index contributed by atoms with van der Waals surface area (Å²) >= 11 is 1.69. The molecule has 8 rings (SSSR count). The van der Waals surface area contributed by atoms with Crippen LogP contribution in [0.4, 0.5) is 0 Å². The van der Waals surface area contributed by atoms with E-state index in [1.165, 1.54) is 12.8 Å². The van der Waals surface area contributed by atoms with Crippen LogP contribution >= 0.6 is 11.8 Å². The van der Waals surface area contributed by atoms with Crippen molar-refractivity contribution >= 4 is 23.4 Å². The van der Waals surface area contributed by atoms with Crippen LogP contribution in [0.2, 0.25) is 0 Å². The zero-order valence-electron chi connectivity index (χ0n) is 37.6. The number of carbonyl (C=O) groups is 1. The molecule has 2 N–H and O–H groups in total. The van der Waals surface area contributed by atoms with Crippen LogP contribution in [-0.4, -0.2) is 78.0 Å². The number of allylic oxidation sites excluding steroid dienone is 1. The molecule has 3 aliphatic carbocycles. The fourth-order valence-electron chi connectivity index (χ4n) is 11.0. The van der Waals surface area contributed by atoms with Crippen LogP contribution in [0.15, 0.2) is 95.0 Å². The van der Waals surface area contributed by atoms with Gasteiger partial charge in [0.2, 0.25) is 18.5 Å². The molecule has 64 heavy (non-hydrogen) atoms. The first-order valence-electron chi connectivity index (χ1n) is 23.6. The van der Waals surface area contributed by atoms with Gasteiger partial charge in [0.05, 0.1) is 18.2 Å². The largest absolute Gasteiger partial charge is 0.459 e. The lowest BCUT2D eigenvalue weighted by atomic mass is 9.55. The van der Waals surface area contributed by atoms with Gasteiger partial charge in [0.1, 0.15) is 29.9 Å². The summed E-state index contributed by atoms with van der Waals surface area (Å²) in [7, 11) is 0. The Balaban J connectivity index is 1.30. The molecule has 2 fully saturated rings. The van der Waals surface area contributed by atoms with E-state index in [2.05, 4.69) is 37.1 Å². The maximum Gasteiger partial charge on any atom is 0.239 e. The molecule has 3 aromatic rings. The molecule has 0 bridgehead atoms.